The summed E-state index contributed by atoms with van der Waals surface area (Å²) in [6.45, 7) is 4.16. The molecule has 9 heteroatoms. The van der Waals surface area contributed by atoms with E-state index in [2.05, 4.69) is 4.98 Å². The first-order valence-corrected chi connectivity index (χ1v) is 13.6. The van der Waals surface area contributed by atoms with Gasteiger partial charge in [-0.2, -0.15) is 4.31 Å². The number of aromatic nitrogens is 1. The van der Waals surface area contributed by atoms with Crippen molar-refractivity contribution in [3.63, 3.8) is 0 Å². The summed E-state index contributed by atoms with van der Waals surface area (Å²) >= 11 is 3.01. The Morgan fingerprint density at radius 1 is 1.16 bits per heavy atom. The second-order valence-electron chi connectivity index (χ2n) is 7.95. The number of aliphatic hydroxyl groups excluding tert-OH is 1. The van der Waals surface area contributed by atoms with Crippen molar-refractivity contribution in [3.8, 4) is 0 Å². The van der Waals surface area contributed by atoms with E-state index in [0.29, 0.717) is 13.0 Å². The van der Waals surface area contributed by atoms with Gasteiger partial charge in [0.15, 0.2) is 4.34 Å². The molecule has 31 heavy (non-hydrogen) atoms. The van der Waals surface area contributed by atoms with Crippen LogP contribution in [-0.2, 0) is 16.4 Å². The smallest absolute Gasteiger partial charge is 0.243 e. The van der Waals surface area contributed by atoms with Crippen molar-refractivity contribution in [2.75, 3.05) is 19.3 Å². The van der Waals surface area contributed by atoms with E-state index in [4.69, 9.17) is 5.73 Å². The maximum atomic E-state index is 13.5. The Bertz CT molecular complexity index is 1100. The van der Waals surface area contributed by atoms with Crippen molar-refractivity contribution >= 4 is 43.3 Å². The van der Waals surface area contributed by atoms with Crippen molar-refractivity contribution in [2.24, 2.45) is 11.7 Å². The first kappa shape index (κ1) is 24.2. The molecule has 1 heterocycles. The fraction of sp³-hybridized carbons (Fsp3) is 0.409. The Balaban J connectivity index is 1.83. The number of thiazole rings is 1. The van der Waals surface area contributed by atoms with Crippen LogP contribution in [0, 0.1) is 5.92 Å². The molecule has 0 saturated heterocycles. The van der Waals surface area contributed by atoms with E-state index in [1.54, 1.807) is 18.2 Å². The highest BCUT2D eigenvalue weighted by atomic mass is 32.2. The monoisotopic (exact) mass is 479 g/mol. The first-order valence-electron chi connectivity index (χ1n) is 10.1. The number of hydrogen-bond acceptors (Lipinski definition) is 7. The minimum atomic E-state index is -3.80. The van der Waals surface area contributed by atoms with Crippen LogP contribution in [0.2, 0.25) is 0 Å². The van der Waals surface area contributed by atoms with Crippen molar-refractivity contribution in [1.82, 2.24) is 9.29 Å². The molecule has 3 aromatic rings. The molecule has 0 aliphatic carbocycles. The summed E-state index contributed by atoms with van der Waals surface area (Å²) in [5.74, 6) is 0.0996. The van der Waals surface area contributed by atoms with Crippen molar-refractivity contribution in [1.29, 1.82) is 0 Å². The Kier molecular flexibility index (Phi) is 8.12. The van der Waals surface area contributed by atoms with Gasteiger partial charge in [-0.25, -0.2) is 13.4 Å². The number of aliphatic hydroxyl groups is 1. The van der Waals surface area contributed by atoms with Crippen LogP contribution in [0.25, 0.3) is 10.2 Å². The van der Waals surface area contributed by atoms with Gasteiger partial charge in [-0.3, -0.25) is 0 Å². The number of nitrogens with zero attached hydrogens (tertiary/aromatic N) is 2. The molecule has 2 aromatic carbocycles. The third-order valence-corrected chi connectivity index (χ3v) is 8.75. The highest BCUT2D eigenvalue weighted by molar-refractivity contribution is 8.00. The lowest BCUT2D eigenvalue weighted by molar-refractivity contribution is 0.116. The van der Waals surface area contributed by atoms with Crippen LogP contribution in [0.3, 0.4) is 0 Å². The molecule has 3 N–H and O–H groups in total. The lowest BCUT2D eigenvalue weighted by atomic mass is 10.0. The fourth-order valence-corrected chi connectivity index (χ4v) is 6.58. The van der Waals surface area contributed by atoms with Gasteiger partial charge in [0, 0.05) is 19.1 Å². The summed E-state index contributed by atoms with van der Waals surface area (Å²) in [5.41, 5.74) is 8.02. The van der Waals surface area contributed by atoms with Crippen LogP contribution in [0.4, 0.5) is 0 Å². The van der Waals surface area contributed by atoms with Gasteiger partial charge < -0.3 is 10.8 Å². The molecule has 0 fully saturated rings. The summed E-state index contributed by atoms with van der Waals surface area (Å²) in [6.07, 6.45) is 1.44. The van der Waals surface area contributed by atoms with E-state index < -0.39 is 22.2 Å². The molecule has 0 aliphatic heterocycles. The molecule has 2 unspecified atom stereocenters. The molecular weight excluding hydrogens is 450 g/mol. The van der Waals surface area contributed by atoms with Gasteiger partial charge in [-0.15, -0.1) is 11.3 Å². The molecule has 0 spiro atoms. The molecule has 6 nitrogen and oxygen atoms in total. The van der Waals surface area contributed by atoms with Crippen molar-refractivity contribution < 1.29 is 13.5 Å². The van der Waals surface area contributed by atoms with Crippen molar-refractivity contribution in [2.45, 2.75) is 41.6 Å². The molecular formula is C22H29N3O3S3. The Labute approximate surface area is 192 Å². The Morgan fingerprint density at radius 3 is 2.52 bits per heavy atom. The summed E-state index contributed by atoms with van der Waals surface area (Å²) in [4.78, 5) is 4.68. The zero-order valence-electron chi connectivity index (χ0n) is 17.9. The summed E-state index contributed by atoms with van der Waals surface area (Å²) in [5, 5.41) is 10.7. The van der Waals surface area contributed by atoms with Crippen LogP contribution in [0.1, 0.15) is 19.4 Å². The molecule has 0 saturated carbocycles. The van der Waals surface area contributed by atoms with Gasteiger partial charge in [0.05, 0.1) is 21.2 Å². The van der Waals surface area contributed by atoms with Gasteiger partial charge >= 0.3 is 0 Å². The normalized spacial score (nSPS) is 14.4. The molecule has 0 amide bonds. The third kappa shape index (κ3) is 6.06. The first-order chi connectivity index (χ1) is 14.7. The van der Waals surface area contributed by atoms with Crippen LogP contribution in [0.15, 0.2) is 57.8 Å². The molecule has 1 aromatic heterocycles. The van der Waals surface area contributed by atoms with E-state index >= 15 is 0 Å². The van der Waals surface area contributed by atoms with E-state index in [9.17, 15) is 13.5 Å². The minimum absolute atomic E-state index is 0.0503. The number of nitrogens with two attached hydrogens (primary N) is 1. The van der Waals surface area contributed by atoms with Crippen molar-refractivity contribution in [3.05, 3.63) is 54.1 Å². The maximum absolute atomic E-state index is 13.5. The summed E-state index contributed by atoms with van der Waals surface area (Å²) in [6, 6.07) is 14.1. The van der Waals surface area contributed by atoms with Gasteiger partial charge in [0.1, 0.15) is 0 Å². The predicted octanol–water partition coefficient (Wildman–Crippen LogP) is 3.60. The maximum Gasteiger partial charge on any atom is 0.243 e. The van der Waals surface area contributed by atoms with Crippen LogP contribution in [-0.4, -0.2) is 54.3 Å². The number of rotatable bonds is 10. The largest absolute Gasteiger partial charge is 0.390 e. The average Bonchev–Trinajstić information content (AvgIpc) is 3.16. The average molecular weight is 480 g/mol. The number of sulfonamides is 1. The SMILES string of the molecule is CSc1nc2ccc(S(=O)(=O)N(CC(C)C)CC(O)C(N)Cc3ccccc3)cc2s1. The van der Waals surface area contributed by atoms with Gasteiger partial charge in [0.2, 0.25) is 10.0 Å². The van der Waals surface area contributed by atoms with Gasteiger partial charge in [-0.05, 0) is 42.4 Å². The van der Waals surface area contributed by atoms with Crippen LogP contribution < -0.4 is 5.73 Å². The second kappa shape index (κ2) is 10.4. The topological polar surface area (TPSA) is 96.5 Å². The third-order valence-electron chi connectivity index (χ3n) is 4.92. The molecule has 0 radical (unpaired) electrons. The fourth-order valence-electron chi connectivity index (χ4n) is 3.33. The highest BCUT2D eigenvalue weighted by Gasteiger charge is 2.30. The Morgan fingerprint density at radius 2 is 1.87 bits per heavy atom. The zero-order chi connectivity index (χ0) is 22.6. The van der Waals surface area contributed by atoms with Crippen LogP contribution >= 0.6 is 23.1 Å². The zero-order valence-corrected chi connectivity index (χ0v) is 20.4. The molecule has 3 rings (SSSR count). The summed E-state index contributed by atoms with van der Waals surface area (Å²) < 4.78 is 30.0. The number of benzene rings is 2. The van der Waals surface area contributed by atoms with E-state index in [0.717, 1.165) is 20.1 Å². The second-order valence-corrected chi connectivity index (χ2v) is 12.0. The quantitative estimate of drug-likeness (QED) is 0.431. The highest BCUT2D eigenvalue weighted by Crippen LogP contribution is 2.31. The lowest BCUT2D eigenvalue weighted by Gasteiger charge is -2.28. The number of fused-ring (bicyclic) bond motifs is 1. The Hall–Kier alpha value is -1.49. The van der Waals surface area contributed by atoms with E-state index in [-0.39, 0.29) is 17.4 Å². The minimum Gasteiger partial charge on any atom is -0.390 e. The molecule has 2 atom stereocenters. The van der Waals surface area contributed by atoms with Gasteiger partial charge in [0.25, 0.3) is 0 Å². The lowest BCUT2D eigenvalue weighted by Crippen LogP contribution is -2.47. The number of hydrogen-bond donors (Lipinski definition) is 2. The van der Waals surface area contributed by atoms with Gasteiger partial charge in [-0.1, -0.05) is 55.9 Å². The molecule has 168 valence electrons. The molecule has 0 bridgehead atoms. The number of thioether (sulfide) groups is 1. The predicted molar refractivity (Wildman–Crippen MR) is 129 cm³/mol. The van der Waals surface area contributed by atoms with E-state index in [1.165, 1.54) is 27.4 Å². The van der Waals surface area contributed by atoms with E-state index in [1.807, 2.05) is 50.4 Å². The summed E-state index contributed by atoms with van der Waals surface area (Å²) in [7, 11) is -3.80. The standard InChI is InChI=1S/C22H29N3O3S3/c1-15(2)13-25(14-20(26)18(23)11-16-7-5-4-6-8-16)31(27,28)17-9-10-19-21(12-17)30-22(24-19)29-3/h4-10,12,15,18,20,26H,11,13-14,23H2,1-3H3. The van der Waals surface area contributed by atoms with Crippen LogP contribution in [0.5, 0.6) is 0 Å². The molecule has 0 aliphatic rings.